The van der Waals surface area contributed by atoms with Crippen LogP contribution in [0.4, 0.5) is 5.69 Å². The topological polar surface area (TPSA) is 49.4 Å². The summed E-state index contributed by atoms with van der Waals surface area (Å²) in [5.74, 6) is -0.186. The van der Waals surface area contributed by atoms with Crippen LogP contribution in [-0.4, -0.2) is 18.9 Å². The van der Waals surface area contributed by atoms with Crippen molar-refractivity contribution in [3.8, 4) is 0 Å². The quantitative estimate of drug-likeness (QED) is 0.869. The van der Waals surface area contributed by atoms with E-state index < -0.39 is 0 Å². The minimum Gasteiger partial charge on any atom is -0.313 e. The van der Waals surface area contributed by atoms with Crippen LogP contribution in [-0.2, 0) is 9.59 Å². The van der Waals surface area contributed by atoms with Crippen molar-refractivity contribution in [3.63, 3.8) is 0 Å². The number of nitrogens with one attached hydrogen (secondary N) is 1. The van der Waals surface area contributed by atoms with E-state index in [4.69, 9.17) is 0 Å². The van der Waals surface area contributed by atoms with Crippen molar-refractivity contribution in [2.24, 2.45) is 11.8 Å². The molecule has 3 atom stereocenters. The van der Waals surface area contributed by atoms with Gasteiger partial charge in [0.25, 0.3) is 0 Å². The summed E-state index contributed by atoms with van der Waals surface area (Å²) in [5.41, 5.74) is 1.75. The molecule has 3 rings (SSSR count). The average molecular weight is 286 g/mol. The summed E-state index contributed by atoms with van der Waals surface area (Å²) in [7, 11) is 1.88. The minimum atomic E-state index is -0.0933. The molecule has 1 saturated heterocycles. The highest BCUT2D eigenvalue weighted by molar-refractivity contribution is 6.22. The predicted molar refractivity (Wildman–Crippen MR) is 81.9 cm³/mol. The lowest BCUT2D eigenvalue weighted by Gasteiger charge is -2.22. The zero-order valence-corrected chi connectivity index (χ0v) is 12.6. The molecule has 1 aromatic rings. The molecular formula is C17H22N2O2. The largest absolute Gasteiger partial charge is 0.313 e. The summed E-state index contributed by atoms with van der Waals surface area (Å²) >= 11 is 0. The third-order valence-electron chi connectivity index (χ3n) is 4.92. The number of carbonyl (C=O) groups excluding carboxylic acids is 2. The normalized spacial score (nSPS) is 26.9. The highest BCUT2D eigenvalue weighted by atomic mass is 16.2. The fourth-order valence-electron chi connectivity index (χ4n) is 3.61. The third-order valence-corrected chi connectivity index (χ3v) is 4.92. The summed E-state index contributed by atoms with van der Waals surface area (Å²) in [6.07, 6.45) is 3.83. The lowest BCUT2D eigenvalue weighted by atomic mass is 9.81. The third kappa shape index (κ3) is 2.27. The zero-order chi connectivity index (χ0) is 15.0. The molecule has 0 radical (unpaired) electrons. The Labute approximate surface area is 125 Å². The Hall–Kier alpha value is -1.68. The Bertz CT molecular complexity index is 546. The highest BCUT2D eigenvalue weighted by Crippen LogP contribution is 2.41. The first-order valence-electron chi connectivity index (χ1n) is 7.79. The fourth-order valence-corrected chi connectivity index (χ4v) is 3.61. The Morgan fingerprint density at radius 3 is 2.24 bits per heavy atom. The standard InChI is InChI=1S/C17H22N2O2/c1-11(18-2)12-7-5-6-10-15(12)19-16(20)13-8-3-4-9-14(13)17(19)21/h5-7,10-11,13-14,18H,3-4,8-9H2,1-2H3. The summed E-state index contributed by atoms with van der Waals surface area (Å²) in [4.78, 5) is 26.8. The van der Waals surface area contributed by atoms with E-state index in [0.29, 0.717) is 0 Å². The van der Waals surface area contributed by atoms with E-state index >= 15 is 0 Å². The number of hydrogen-bond acceptors (Lipinski definition) is 3. The van der Waals surface area contributed by atoms with Crippen LogP contribution < -0.4 is 10.2 Å². The van der Waals surface area contributed by atoms with E-state index in [9.17, 15) is 9.59 Å². The second-order valence-electron chi connectivity index (χ2n) is 6.08. The van der Waals surface area contributed by atoms with Crippen LogP contribution in [0, 0.1) is 11.8 Å². The van der Waals surface area contributed by atoms with E-state index in [0.717, 1.165) is 36.9 Å². The monoisotopic (exact) mass is 286 g/mol. The zero-order valence-electron chi connectivity index (χ0n) is 12.6. The van der Waals surface area contributed by atoms with Crippen LogP contribution in [0.1, 0.15) is 44.2 Å². The molecule has 1 aliphatic heterocycles. The first-order chi connectivity index (χ1) is 10.1. The number of nitrogens with zero attached hydrogens (tertiary/aromatic N) is 1. The number of benzene rings is 1. The Kier molecular flexibility index (Phi) is 3.81. The lowest BCUT2D eigenvalue weighted by molar-refractivity contribution is -0.122. The van der Waals surface area contributed by atoms with Crippen molar-refractivity contribution in [3.05, 3.63) is 29.8 Å². The number of anilines is 1. The summed E-state index contributed by atoms with van der Waals surface area (Å²) < 4.78 is 0. The Balaban J connectivity index is 2.01. The molecule has 2 aliphatic rings. The molecule has 0 spiro atoms. The van der Waals surface area contributed by atoms with E-state index in [1.54, 1.807) is 0 Å². The molecule has 1 N–H and O–H groups in total. The van der Waals surface area contributed by atoms with Crippen LogP contribution in [0.25, 0.3) is 0 Å². The Morgan fingerprint density at radius 2 is 1.67 bits per heavy atom. The van der Waals surface area contributed by atoms with Gasteiger partial charge in [-0.2, -0.15) is 0 Å². The van der Waals surface area contributed by atoms with E-state index in [1.165, 1.54) is 4.90 Å². The van der Waals surface area contributed by atoms with E-state index in [1.807, 2.05) is 38.2 Å². The maximum absolute atomic E-state index is 12.7. The highest BCUT2D eigenvalue weighted by Gasteiger charge is 2.49. The average Bonchev–Trinajstić information content (AvgIpc) is 2.78. The van der Waals surface area contributed by atoms with Gasteiger partial charge in [-0.25, -0.2) is 4.90 Å². The molecule has 1 saturated carbocycles. The van der Waals surface area contributed by atoms with Crippen molar-refractivity contribution < 1.29 is 9.59 Å². The van der Waals surface area contributed by atoms with Gasteiger partial charge in [-0.15, -0.1) is 0 Å². The lowest BCUT2D eigenvalue weighted by Crippen LogP contribution is -2.32. The predicted octanol–water partition coefficient (Wildman–Crippen LogP) is 2.65. The van der Waals surface area contributed by atoms with Crippen molar-refractivity contribution in [2.45, 2.75) is 38.6 Å². The maximum Gasteiger partial charge on any atom is 0.237 e. The Morgan fingerprint density at radius 1 is 1.10 bits per heavy atom. The van der Waals surface area contributed by atoms with Gasteiger partial charge in [0, 0.05) is 6.04 Å². The van der Waals surface area contributed by atoms with Gasteiger partial charge in [0.15, 0.2) is 0 Å². The van der Waals surface area contributed by atoms with Crippen LogP contribution in [0.3, 0.4) is 0 Å². The number of imide groups is 1. The smallest absolute Gasteiger partial charge is 0.237 e. The second-order valence-corrected chi connectivity index (χ2v) is 6.08. The molecule has 4 heteroatoms. The molecule has 21 heavy (non-hydrogen) atoms. The minimum absolute atomic E-state index is 0.000420. The molecule has 1 heterocycles. The van der Waals surface area contributed by atoms with Crippen LogP contribution in [0.2, 0.25) is 0 Å². The molecule has 2 amide bonds. The van der Waals surface area contributed by atoms with Crippen LogP contribution in [0.5, 0.6) is 0 Å². The molecule has 1 aromatic carbocycles. The van der Waals surface area contributed by atoms with Gasteiger partial charge in [-0.05, 0) is 38.4 Å². The number of rotatable bonds is 3. The number of amides is 2. The fraction of sp³-hybridized carbons (Fsp3) is 0.529. The molecule has 0 aromatic heterocycles. The van der Waals surface area contributed by atoms with Crippen LogP contribution >= 0.6 is 0 Å². The number of para-hydroxylation sites is 1. The van der Waals surface area contributed by atoms with Crippen molar-refractivity contribution >= 4 is 17.5 Å². The SMILES string of the molecule is CNC(C)c1ccccc1N1C(=O)C2CCCCC2C1=O. The van der Waals surface area contributed by atoms with Gasteiger partial charge in [-0.3, -0.25) is 9.59 Å². The first-order valence-corrected chi connectivity index (χ1v) is 7.79. The summed E-state index contributed by atoms with van der Waals surface area (Å²) in [6, 6.07) is 7.81. The molecule has 3 unspecified atom stereocenters. The van der Waals surface area contributed by atoms with Gasteiger partial charge >= 0.3 is 0 Å². The van der Waals surface area contributed by atoms with E-state index in [-0.39, 0.29) is 29.7 Å². The second kappa shape index (κ2) is 5.60. The number of fused-ring (bicyclic) bond motifs is 1. The number of hydrogen-bond donors (Lipinski definition) is 1. The van der Waals surface area contributed by atoms with Crippen molar-refractivity contribution in [1.82, 2.24) is 5.32 Å². The molecule has 0 bridgehead atoms. The van der Waals surface area contributed by atoms with Gasteiger partial charge in [0.2, 0.25) is 11.8 Å². The molecular weight excluding hydrogens is 264 g/mol. The molecule has 4 nitrogen and oxygen atoms in total. The number of carbonyl (C=O) groups is 2. The van der Waals surface area contributed by atoms with Crippen molar-refractivity contribution in [1.29, 1.82) is 0 Å². The molecule has 1 aliphatic carbocycles. The summed E-state index contributed by atoms with van der Waals surface area (Å²) in [5, 5.41) is 3.19. The van der Waals surface area contributed by atoms with Crippen LogP contribution in [0.15, 0.2) is 24.3 Å². The van der Waals surface area contributed by atoms with E-state index in [2.05, 4.69) is 5.32 Å². The molecule has 2 fully saturated rings. The van der Waals surface area contributed by atoms with Gasteiger partial charge in [0.1, 0.15) is 0 Å². The molecule has 112 valence electrons. The maximum atomic E-state index is 12.7. The van der Waals surface area contributed by atoms with Gasteiger partial charge in [-0.1, -0.05) is 31.0 Å². The summed E-state index contributed by atoms with van der Waals surface area (Å²) in [6.45, 7) is 2.04. The van der Waals surface area contributed by atoms with Gasteiger partial charge < -0.3 is 5.32 Å². The van der Waals surface area contributed by atoms with Crippen molar-refractivity contribution in [2.75, 3.05) is 11.9 Å². The first kappa shape index (κ1) is 14.3. The van der Waals surface area contributed by atoms with Gasteiger partial charge in [0.05, 0.1) is 17.5 Å².